The van der Waals surface area contributed by atoms with Gasteiger partial charge in [-0.1, -0.05) is 11.3 Å². The Labute approximate surface area is 90.3 Å². The average molecular weight is 232 g/mol. The fourth-order valence-corrected chi connectivity index (χ4v) is 2.15. The molecule has 2 aromatic rings. The number of fused-ring (bicyclic) bond motifs is 1. The van der Waals surface area contributed by atoms with Gasteiger partial charge in [0.05, 0.1) is 10.6 Å². The number of aryl methyl sites for hydroxylation is 1. The van der Waals surface area contributed by atoms with Gasteiger partial charge in [0.15, 0.2) is 5.78 Å². The van der Waals surface area contributed by atoms with E-state index in [4.69, 9.17) is 5.73 Å². The number of carbonyl (C=O) groups is 1. The zero-order valence-electron chi connectivity index (χ0n) is 7.61. The summed E-state index contributed by atoms with van der Waals surface area (Å²) in [4.78, 5) is 16.5. The molecule has 2 heterocycles. The van der Waals surface area contributed by atoms with Crippen LogP contribution < -0.4 is 18.1 Å². The Morgan fingerprint density at radius 2 is 2.21 bits per heavy atom. The lowest BCUT2D eigenvalue weighted by Gasteiger charge is -1.90. The average Bonchev–Trinajstić information content (AvgIpc) is 2.51. The van der Waals surface area contributed by atoms with Crippen molar-refractivity contribution in [3.8, 4) is 0 Å². The quantitative estimate of drug-likeness (QED) is 0.570. The van der Waals surface area contributed by atoms with Crippen LogP contribution in [0.2, 0.25) is 0 Å². The van der Waals surface area contributed by atoms with E-state index in [9.17, 15) is 4.79 Å². The molecule has 0 amide bonds. The Bertz CT molecular complexity index is 489. The molecule has 0 bridgehead atoms. The van der Waals surface area contributed by atoms with Crippen molar-refractivity contribution < 1.29 is 17.2 Å². The maximum absolute atomic E-state index is 11.1. The number of thiazole rings is 1. The van der Waals surface area contributed by atoms with Crippen molar-refractivity contribution in [1.29, 1.82) is 0 Å². The largest absolute Gasteiger partial charge is 1.00 e. The molecule has 2 rings (SSSR count). The zero-order valence-corrected chi connectivity index (χ0v) is 9.19. The first kappa shape index (κ1) is 10.9. The number of nitrogen functional groups attached to an aromatic ring is 1. The standard InChI is InChI=1S/C7H8N4OS.ClH/c1-3-5(4(2)12)13-7-9-6(8)10-11(3)7;/h1-2H3,(H2,8,10);1H/p-1. The molecule has 0 unspecified atom stereocenters. The van der Waals surface area contributed by atoms with Crippen LogP contribution in [0.15, 0.2) is 0 Å². The summed E-state index contributed by atoms with van der Waals surface area (Å²) >= 11 is 1.31. The van der Waals surface area contributed by atoms with E-state index < -0.39 is 0 Å². The summed E-state index contributed by atoms with van der Waals surface area (Å²) in [6.07, 6.45) is 0. The van der Waals surface area contributed by atoms with Gasteiger partial charge in [0, 0.05) is 6.92 Å². The summed E-state index contributed by atoms with van der Waals surface area (Å²) in [5.41, 5.74) is 6.21. The van der Waals surface area contributed by atoms with Gasteiger partial charge < -0.3 is 18.1 Å². The van der Waals surface area contributed by atoms with Crippen LogP contribution in [0.5, 0.6) is 0 Å². The van der Waals surface area contributed by atoms with E-state index in [0.717, 1.165) is 5.69 Å². The molecule has 7 heteroatoms. The molecule has 0 aliphatic carbocycles. The van der Waals surface area contributed by atoms with Crippen LogP contribution in [-0.2, 0) is 0 Å². The number of nitrogens with zero attached hydrogens (tertiary/aromatic N) is 3. The molecule has 0 fully saturated rings. The predicted molar refractivity (Wildman–Crippen MR) is 50.0 cm³/mol. The van der Waals surface area contributed by atoms with Crippen molar-refractivity contribution >= 4 is 28.0 Å². The second-order valence-corrected chi connectivity index (χ2v) is 3.71. The maximum atomic E-state index is 11.1. The number of hydrogen-bond donors (Lipinski definition) is 1. The molecule has 2 N–H and O–H groups in total. The summed E-state index contributed by atoms with van der Waals surface area (Å²) in [7, 11) is 0. The number of anilines is 1. The Morgan fingerprint density at radius 3 is 2.71 bits per heavy atom. The van der Waals surface area contributed by atoms with Crippen LogP contribution in [-0.4, -0.2) is 20.4 Å². The highest BCUT2D eigenvalue weighted by Gasteiger charge is 2.14. The fraction of sp³-hybridized carbons (Fsp3) is 0.286. The monoisotopic (exact) mass is 231 g/mol. The van der Waals surface area contributed by atoms with Gasteiger partial charge in [-0.3, -0.25) is 4.79 Å². The molecule has 0 aliphatic heterocycles. The highest BCUT2D eigenvalue weighted by molar-refractivity contribution is 7.19. The fourth-order valence-electron chi connectivity index (χ4n) is 1.19. The van der Waals surface area contributed by atoms with Crippen LogP contribution in [0.25, 0.3) is 4.96 Å². The lowest BCUT2D eigenvalue weighted by molar-refractivity contribution is -0.0000111. The van der Waals surface area contributed by atoms with Crippen molar-refractivity contribution in [3.05, 3.63) is 10.6 Å². The maximum Gasteiger partial charge on any atom is 0.241 e. The number of hydrogen-bond acceptors (Lipinski definition) is 5. The van der Waals surface area contributed by atoms with E-state index in [1.165, 1.54) is 18.3 Å². The number of aromatic nitrogens is 3. The molecule has 14 heavy (non-hydrogen) atoms. The number of carbonyl (C=O) groups excluding carboxylic acids is 1. The molecule has 0 aliphatic rings. The lowest BCUT2D eigenvalue weighted by atomic mass is 10.3. The molecule has 2 aromatic heterocycles. The smallest absolute Gasteiger partial charge is 0.241 e. The third kappa shape index (κ3) is 1.46. The summed E-state index contributed by atoms with van der Waals surface area (Å²) in [5, 5.41) is 3.96. The number of Topliss-reactive ketones (excluding diaryl/α,β-unsaturated/α-hetero) is 1. The summed E-state index contributed by atoms with van der Waals surface area (Å²) in [6.45, 7) is 3.36. The zero-order chi connectivity index (χ0) is 9.59. The number of rotatable bonds is 1. The minimum Gasteiger partial charge on any atom is -1.00 e. The van der Waals surface area contributed by atoms with Crippen LogP contribution >= 0.6 is 11.3 Å². The van der Waals surface area contributed by atoms with Gasteiger partial charge in [0.25, 0.3) is 0 Å². The van der Waals surface area contributed by atoms with Crippen molar-refractivity contribution in [2.45, 2.75) is 13.8 Å². The first-order valence-corrected chi connectivity index (χ1v) is 4.54. The minimum absolute atomic E-state index is 0. The molecule has 0 saturated carbocycles. The van der Waals surface area contributed by atoms with Crippen LogP contribution in [0.4, 0.5) is 5.95 Å². The highest BCUT2D eigenvalue weighted by Crippen LogP contribution is 2.21. The van der Waals surface area contributed by atoms with E-state index in [1.807, 2.05) is 6.92 Å². The molecule has 76 valence electrons. The van der Waals surface area contributed by atoms with Gasteiger partial charge in [0.1, 0.15) is 0 Å². The van der Waals surface area contributed by atoms with E-state index in [2.05, 4.69) is 10.1 Å². The SMILES string of the molecule is CC(=O)c1sc2nc(N)nn2c1C.[Cl-]. The number of ketones is 1. The predicted octanol–water partition coefficient (Wildman–Crippen LogP) is -2.11. The normalized spacial score (nSPS) is 10.1. The Hall–Kier alpha value is -1.14. The Balaban J connectivity index is 0.000000980. The second kappa shape index (κ2) is 3.55. The van der Waals surface area contributed by atoms with E-state index in [-0.39, 0.29) is 24.1 Å². The lowest BCUT2D eigenvalue weighted by Crippen LogP contribution is -3.00. The van der Waals surface area contributed by atoms with E-state index >= 15 is 0 Å². The summed E-state index contributed by atoms with van der Waals surface area (Å²) in [6, 6.07) is 0. The van der Waals surface area contributed by atoms with E-state index in [0.29, 0.717) is 9.84 Å². The molecule has 5 nitrogen and oxygen atoms in total. The third-order valence-electron chi connectivity index (χ3n) is 1.75. The van der Waals surface area contributed by atoms with Gasteiger partial charge in [-0.25, -0.2) is 4.52 Å². The topological polar surface area (TPSA) is 73.3 Å². The molecule has 0 spiro atoms. The molecular weight excluding hydrogens is 224 g/mol. The Kier molecular flexibility index (Phi) is 2.77. The molecule has 0 radical (unpaired) electrons. The third-order valence-corrected chi connectivity index (χ3v) is 2.99. The first-order valence-electron chi connectivity index (χ1n) is 3.72. The van der Waals surface area contributed by atoms with Crippen molar-refractivity contribution in [3.63, 3.8) is 0 Å². The van der Waals surface area contributed by atoms with Gasteiger partial charge >= 0.3 is 0 Å². The van der Waals surface area contributed by atoms with E-state index in [1.54, 1.807) is 4.52 Å². The van der Waals surface area contributed by atoms with Gasteiger partial charge in [-0.05, 0) is 6.92 Å². The van der Waals surface area contributed by atoms with Crippen molar-refractivity contribution in [2.24, 2.45) is 0 Å². The summed E-state index contributed by atoms with van der Waals surface area (Å²) < 4.78 is 1.59. The van der Waals surface area contributed by atoms with Crippen LogP contribution in [0, 0.1) is 6.92 Å². The van der Waals surface area contributed by atoms with Crippen LogP contribution in [0.1, 0.15) is 22.3 Å². The minimum atomic E-state index is 0. The number of nitrogens with two attached hydrogens (primary N) is 1. The van der Waals surface area contributed by atoms with Gasteiger partial charge in [-0.15, -0.1) is 5.10 Å². The number of halogens is 1. The molecular formula is C7H8ClN4OS-. The van der Waals surface area contributed by atoms with Gasteiger partial charge in [-0.2, -0.15) is 4.98 Å². The molecule has 0 atom stereocenters. The van der Waals surface area contributed by atoms with Crippen molar-refractivity contribution in [2.75, 3.05) is 5.73 Å². The van der Waals surface area contributed by atoms with Gasteiger partial charge in [0.2, 0.25) is 10.9 Å². The first-order chi connectivity index (χ1) is 6.09. The second-order valence-electron chi connectivity index (χ2n) is 2.74. The Morgan fingerprint density at radius 1 is 1.57 bits per heavy atom. The van der Waals surface area contributed by atoms with Crippen LogP contribution in [0.3, 0.4) is 0 Å². The summed E-state index contributed by atoms with van der Waals surface area (Å²) in [5.74, 6) is 0.276. The molecule has 0 aromatic carbocycles. The van der Waals surface area contributed by atoms with Crippen molar-refractivity contribution in [1.82, 2.24) is 14.6 Å². The molecule has 0 saturated heterocycles. The highest BCUT2D eigenvalue weighted by atomic mass is 35.5.